The highest BCUT2D eigenvalue weighted by molar-refractivity contribution is 8.19. The maximum Gasteiger partial charge on any atom is 0.341 e. The molecule has 1 N–H and O–H groups in total. The summed E-state index contributed by atoms with van der Waals surface area (Å²) in [5.41, 5.74) is 6.58. The molecule has 0 bridgehead atoms. The predicted octanol–water partition coefficient (Wildman–Crippen LogP) is 6.19. The first-order chi connectivity index (χ1) is 16.7. The molecule has 6 nitrogen and oxygen atoms in total. The number of aryl methyl sites for hydroxylation is 4. The van der Waals surface area contributed by atoms with Crippen LogP contribution in [0, 0.1) is 27.7 Å². The number of aliphatic carboxylic acids is 1. The van der Waals surface area contributed by atoms with Crippen LogP contribution in [0.2, 0.25) is 0 Å². The molecule has 0 spiro atoms. The number of hydrogen-bond acceptors (Lipinski definition) is 5. The van der Waals surface area contributed by atoms with Crippen LogP contribution in [0.25, 0.3) is 6.08 Å². The minimum Gasteiger partial charge on any atom is -0.482 e. The van der Waals surface area contributed by atoms with E-state index in [9.17, 15) is 9.59 Å². The van der Waals surface area contributed by atoms with E-state index >= 15 is 0 Å². The van der Waals surface area contributed by atoms with Gasteiger partial charge in [-0.3, -0.25) is 9.69 Å². The summed E-state index contributed by atoms with van der Waals surface area (Å²) in [6.07, 6.45) is 1.82. The lowest BCUT2D eigenvalue weighted by Gasteiger charge is -2.21. The van der Waals surface area contributed by atoms with Crippen molar-refractivity contribution in [1.29, 1.82) is 0 Å². The van der Waals surface area contributed by atoms with Crippen molar-refractivity contribution in [1.82, 2.24) is 0 Å². The number of aliphatic imine (C=N–C) groups is 1. The number of amides is 1. The van der Waals surface area contributed by atoms with Gasteiger partial charge in [-0.05, 0) is 85.5 Å². The lowest BCUT2D eigenvalue weighted by Crippen LogP contribution is -2.30. The van der Waals surface area contributed by atoms with Crippen LogP contribution in [0.3, 0.4) is 0 Å². The summed E-state index contributed by atoms with van der Waals surface area (Å²) in [7, 11) is 0. The lowest BCUT2D eigenvalue weighted by atomic mass is 10.1. The summed E-state index contributed by atoms with van der Waals surface area (Å²) in [4.78, 5) is 31.6. The lowest BCUT2D eigenvalue weighted by molar-refractivity contribution is -0.139. The smallest absolute Gasteiger partial charge is 0.341 e. The SMILES string of the molecule is Cc1cccc(C)c1N=C1S/C(=C\c2ccc(OCC(=O)O)cc2)C(=O)N1c1c(C)cccc1C. The molecule has 7 heteroatoms. The topological polar surface area (TPSA) is 79.2 Å². The van der Waals surface area contributed by atoms with Crippen molar-refractivity contribution in [3.05, 3.63) is 93.4 Å². The molecule has 3 aromatic rings. The maximum absolute atomic E-state index is 13.7. The Balaban J connectivity index is 1.75. The molecular formula is C28H26N2O4S. The van der Waals surface area contributed by atoms with E-state index in [0.717, 1.165) is 39.2 Å². The molecule has 0 atom stereocenters. The monoisotopic (exact) mass is 486 g/mol. The first kappa shape index (κ1) is 24.3. The fraction of sp³-hybridized carbons (Fsp3) is 0.179. The van der Waals surface area contributed by atoms with Gasteiger partial charge in [-0.15, -0.1) is 0 Å². The Morgan fingerprint density at radius 1 is 0.943 bits per heavy atom. The quantitative estimate of drug-likeness (QED) is 0.420. The third kappa shape index (κ3) is 5.30. The number of hydrogen-bond donors (Lipinski definition) is 1. The summed E-state index contributed by atoms with van der Waals surface area (Å²) in [6.45, 7) is 7.62. The number of carboxylic acid groups (broad SMARTS) is 1. The van der Waals surface area contributed by atoms with E-state index in [1.165, 1.54) is 11.8 Å². The normalized spacial score (nSPS) is 15.8. The Morgan fingerprint density at radius 3 is 2.09 bits per heavy atom. The van der Waals surface area contributed by atoms with Crippen molar-refractivity contribution < 1.29 is 19.4 Å². The van der Waals surface area contributed by atoms with Crippen LogP contribution < -0.4 is 9.64 Å². The highest BCUT2D eigenvalue weighted by Gasteiger charge is 2.36. The molecule has 1 fully saturated rings. The molecule has 1 amide bonds. The van der Waals surface area contributed by atoms with Gasteiger partial charge in [0.25, 0.3) is 5.91 Å². The highest BCUT2D eigenvalue weighted by atomic mass is 32.2. The van der Waals surface area contributed by atoms with Gasteiger partial charge in [-0.2, -0.15) is 0 Å². The van der Waals surface area contributed by atoms with E-state index in [2.05, 4.69) is 0 Å². The molecule has 1 aliphatic rings. The third-order valence-electron chi connectivity index (χ3n) is 5.66. The summed E-state index contributed by atoms with van der Waals surface area (Å²) in [6, 6.07) is 19.0. The summed E-state index contributed by atoms with van der Waals surface area (Å²) in [5, 5.41) is 9.39. The molecule has 1 saturated heterocycles. The molecule has 35 heavy (non-hydrogen) atoms. The van der Waals surface area contributed by atoms with Crippen LogP contribution in [0.1, 0.15) is 27.8 Å². The van der Waals surface area contributed by atoms with Crippen LogP contribution in [0.15, 0.2) is 70.6 Å². The van der Waals surface area contributed by atoms with E-state index in [-0.39, 0.29) is 5.91 Å². The van der Waals surface area contributed by atoms with Crippen LogP contribution in [0.4, 0.5) is 11.4 Å². The molecule has 4 rings (SSSR count). The minimum atomic E-state index is -1.04. The van der Waals surface area contributed by atoms with Crippen molar-refractivity contribution >= 4 is 46.3 Å². The molecule has 0 unspecified atom stereocenters. The van der Waals surface area contributed by atoms with Gasteiger partial charge in [0.2, 0.25) is 0 Å². The molecule has 1 heterocycles. The summed E-state index contributed by atoms with van der Waals surface area (Å²) >= 11 is 1.34. The van der Waals surface area contributed by atoms with E-state index in [4.69, 9.17) is 14.8 Å². The number of para-hydroxylation sites is 2. The van der Waals surface area contributed by atoms with Gasteiger partial charge < -0.3 is 9.84 Å². The number of thioether (sulfide) groups is 1. The van der Waals surface area contributed by atoms with Crippen molar-refractivity contribution in [2.75, 3.05) is 11.5 Å². The number of carbonyl (C=O) groups is 2. The zero-order valence-electron chi connectivity index (χ0n) is 20.0. The van der Waals surface area contributed by atoms with E-state index in [1.807, 2.05) is 70.2 Å². The zero-order chi connectivity index (χ0) is 25.1. The molecule has 0 aromatic heterocycles. The number of carbonyl (C=O) groups excluding carboxylic acids is 1. The van der Waals surface area contributed by atoms with Gasteiger partial charge in [0.05, 0.1) is 16.3 Å². The zero-order valence-corrected chi connectivity index (χ0v) is 20.8. The number of anilines is 1. The van der Waals surface area contributed by atoms with Crippen molar-refractivity contribution in [3.63, 3.8) is 0 Å². The van der Waals surface area contributed by atoms with Crippen LogP contribution in [-0.2, 0) is 9.59 Å². The fourth-order valence-electron chi connectivity index (χ4n) is 3.94. The average molecular weight is 487 g/mol. The van der Waals surface area contributed by atoms with Crippen LogP contribution in [0.5, 0.6) is 5.75 Å². The predicted molar refractivity (Wildman–Crippen MR) is 142 cm³/mol. The molecule has 3 aromatic carbocycles. The first-order valence-corrected chi connectivity index (χ1v) is 12.0. The summed E-state index contributed by atoms with van der Waals surface area (Å²) in [5.74, 6) is -0.718. The van der Waals surface area contributed by atoms with Gasteiger partial charge in [0.15, 0.2) is 11.8 Å². The number of benzene rings is 3. The number of amidine groups is 1. The second kappa shape index (κ2) is 10.2. The van der Waals surface area contributed by atoms with E-state index in [1.54, 1.807) is 29.2 Å². The second-order valence-corrected chi connectivity index (χ2v) is 9.39. The average Bonchev–Trinajstić information content (AvgIpc) is 3.10. The molecule has 0 aliphatic carbocycles. The highest BCUT2D eigenvalue weighted by Crippen LogP contribution is 2.40. The molecule has 178 valence electrons. The third-order valence-corrected chi connectivity index (χ3v) is 6.63. The van der Waals surface area contributed by atoms with Crippen LogP contribution in [-0.4, -0.2) is 28.8 Å². The minimum absolute atomic E-state index is 0.136. The van der Waals surface area contributed by atoms with E-state index in [0.29, 0.717) is 15.8 Å². The Labute approximate surface area is 209 Å². The van der Waals surface area contributed by atoms with Gasteiger partial charge >= 0.3 is 5.97 Å². The number of carboxylic acids is 1. The van der Waals surface area contributed by atoms with Crippen LogP contribution >= 0.6 is 11.8 Å². The van der Waals surface area contributed by atoms with Crippen molar-refractivity contribution in [2.45, 2.75) is 27.7 Å². The van der Waals surface area contributed by atoms with Gasteiger partial charge in [0, 0.05) is 0 Å². The van der Waals surface area contributed by atoms with Gasteiger partial charge in [-0.1, -0.05) is 48.5 Å². The van der Waals surface area contributed by atoms with Gasteiger partial charge in [0.1, 0.15) is 5.75 Å². The summed E-state index contributed by atoms with van der Waals surface area (Å²) < 4.78 is 5.20. The Bertz CT molecular complexity index is 1320. The fourth-order valence-corrected chi connectivity index (χ4v) is 4.91. The van der Waals surface area contributed by atoms with Crippen molar-refractivity contribution in [2.24, 2.45) is 4.99 Å². The number of rotatable bonds is 6. The largest absolute Gasteiger partial charge is 0.482 e. The number of ether oxygens (including phenoxy) is 1. The Morgan fingerprint density at radius 2 is 1.51 bits per heavy atom. The van der Waals surface area contributed by atoms with E-state index < -0.39 is 12.6 Å². The second-order valence-electron chi connectivity index (χ2n) is 8.38. The molecule has 1 aliphatic heterocycles. The number of nitrogens with zero attached hydrogens (tertiary/aromatic N) is 2. The maximum atomic E-state index is 13.7. The first-order valence-electron chi connectivity index (χ1n) is 11.1. The molecule has 0 saturated carbocycles. The Hall–Kier alpha value is -3.84. The van der Waals surface area contributed by atoms with Gasteiger partial charge in [-0.25, -0.2) is 9.79 Å². The standard InChI is InChI=1S/C28H26N2O4S/c1-17-7-5-8-18(2)25(17)29-28-30(26-19(3)9-6-10-20(26)4)27(33)23(35-28)15-21-11-13-22(14-12-21)34-16-24(31)32/h5-15H,16H2,1-4H3,(H,31,32)/b23-15-,29-28?. The Kier molecular flexibility index (Phi) is 7.07. The molecular weight excluding hydrogens is 460 g/mol. The van der Waals surface area contributed by atoms with Crippen molar-refractivity contribution in [3.8, 4) is 5.75 Å². The molecule has 0 radical (unpaired) electrons.